The van der Waals surface area contributed by atoms with E-state index < -0.39 is 10.0 Å². The monoisotopic (exact) mass is 413 g/mol. The Labute approximate surface area is 139 Å². The van der Waals surface area contributed by atoms with Gasteiger partial charge in [0, 0.05) is 6.04 Å². The van der Waals surface area contributed by atoms with Crippen molar-refractivity contribution in [3.05, 3.63) is 65.2 Å². The highest BCUT2D eigenvalue weighted by Crippen LogP contribution is 2.38. The van der Waals surface area contributed by atoms with Crippen molar-refractivity contribution in [1.82, 2.24) is 4.72 Å². The molecule has 1 aliphatic rings. The fourth-order valence-electron chi connectivity index (χ4n) is 2.63. The van der Waals surface area contributed by atoms with Crippen molar-refractivity contribution in [2.24, 2.45) is 0 Å². The average Bonchev–Trinajstić information content (AvgIpc) is 2.76. The predicted molar refractivity (Wildman–Crippen MR) is 92.2 cm³/mol. The Hall–Kier alpha value is -0.920. The van der Waals surface area contributed by atoms with Crippen LogP contribution >= 0.6 is 22.6 Å². The number of benzene rings is 2. The second-order valence-corrected chi connectivity index (χ2v) is 8.40. The van der Waals surface area contributed by atoms with E-state index >= 15 is 0 Å². The predicted octanol–water partition coefficient (Wildman–Crippen LogP) is 3.37. The van der Waals surface area contributed by atoms with E-state index in [1.165, 1.54) is 11.1 Å². The van der Waals surface area contributed by atoms with Crippen LogP contribution in [0.15, 0.2) is 53.4 Å². The summed E-state index contributed by atoms with van der Waals surface area (Å²) in [5, 5.41) is 0. The highest BCUT2D eigenvalue weighted by molar-refractivity contribution is 14.1. The van der Waals surface area contributed by atoms with Gasteiger partial charge in [0.05, 0.1) is 8.82 Å². The fourth-order valence-corrected chi connectivity index (χ4v) is 5.17. The van der Waals surface area contributed by atoms with Crippen LogP contribution in [0.1, 0.15) is 20.6 Å². The summed E-state index contributed by atoms with van der Waals surface area (Å²) in [6.07, 6.45) is 0.745. The van der Waals surface area contributed by atoms with Crippen LogP contribution in [0.3, 0.4) is 0 Å². The molecule has 0 aliphatic heterocycles. The number of halogens is 1. The van der Waals surface area contributed by atoms with Crippen molar-refractivity contribution >= 4 is 32.6 Å². The van der Waals surface area contributed by atoms with Crippen molar-refractivity contribution in [1.29, 1.82) is 0 Å². The zero-order chi connectivity index (χ0) is 15.0. The Morgan fingerprint density at radius 3 is 2.43 bits per heavy atom. The van der Waals surface area contributed by atoms with Gasteiger partial charge in [-0.05, 0) is 36.6 Å². The largest absolute Gasteiger partial charge is 0.240 e. The molecule has 0 bridgehead atoms. The van der Waals surface area contributed by atoms with Gasteiger partial charge < -0.3 is 0 Å². The molecule has 3 rings (SSSR count). The van der Waals surface area contributed by atoms with E-state index in [9.17, 15) is 8.42 Å². The molecule has 5 heteroatoms. The molecule has 21 heavy (non-hydrogen) atoms. The van der Waals surface area contributed by atoms with Gasteiger partial charge in [-0.25, -0.2) is 13.1 Å². The molecular formula is C16H16INO2S. The van der Waals surface area contributed by atoms with E-state index in [0.29, 0.717) is 4.90 Å². The number of hydrogen-bond acceptors (Lipinski definition) is 2. The molecule has 110 valence electrons. The summed E-state index contributed by atoms with van der Waals surface area (Å²) in [4.78, 5) is 0.327. The van der Waals surface area contributed by atoms with Gasteiger partial charge >= 0.3 is 0 Å². The molecule has 2 atom stereocenters. The lowest BCUT2D eigenvalue weighted by atomic mass is 10.1. The van der Waals surface area contributed by atoms with Crippen molar-refractivity contribution in [3.63, 3.8) is 0 Å². The van der Waals surface area contributed by atoms with Crippen LogP contribution in [0.5, 0.6) is 0 Å². The molecule has 0 unspecified atom stereocenters. The molecule has 0 saturated heterocycles. The summed E-state index contributed by atoms with van der Waals surface area (Å²) in [5.74, 6) is 0. The minimum absolute atomic E-state index is 0.0886. The normalized spacial score (nSPS) is 21.2. The molecular weight excluding hydrogens is 397 g/mol. The van der Waals surface area contributed by atoms with E-state index in [1.807, 2.05) is 31.2 Å². The maximum Gasteiger partial charge on any atom is 0.240 e. The van der Waals surface area contributed by atoms with Crippen LogP contribution in [-0.4, -0.2) is 14.5 Å². The summed E-state index contributed by atoms with van der Waals surface area (Å²) >= 11 is 2.32. The van der Waals surface area contributed by atoms with Crippen molar-refractivity contribution in [2.75, 3.05) is 0 Å². The van der Waals surface area contributed by atoms with E-state index in [1.54, 1.807) is 12.1 Å². The lowest BCUT2D eigenvalue weighted by molar-refractivity contribution is 0.556. The third kappa shape index (κ3) is 3.00. The maximum absolute atomic E-state index is 12.5. The number of hydrogen-bond donors (Lipinski definition) is 1. The summed E-state index contributed by atoms with van der Waals surface area (Å²) < 4.78 is 28.0. The first-order valence-electron chi connectivity index (χ1n) is 6.78. The molecule has 0 radical (unpaired) electrons. The third-order valence-corrected chi connectivity index (χ3v) is 6.83. The number of rotatable bonds is 3. The number of nitrogens with one attached hydrogen (secondary N) is 1. The van der Waals surface area contributed by atoms with Crippen molar-refractivity contribution in [3.8, 4) is 0 Å². The first-order chi connectivity index (χ1) is 9.97. The topological polar surface area (TPSA) is 46.2 Å². The van der Waals surface area contributed by atoms with Gasteiger partial charge in [0.2, 0.25) is 10.0 Å². The van der Waals surface area contributed by atoms with Crippen LogP contribution in [-0.2, 0) is 16.4 Å². The third-order valence-electron chi connectivity index (χ3n) is 3.78. The molecule has 1 N–H and O–H groups in total. The number of sulfonamides is 1. The Bertz CT molecular complexity index is 756. The second kappa shape index (κ2) is 5.70. The zero-order valence-corrected chi connectivity index (χ0v) is 14.6. The fraction of sp³-hybridized carbons (Fsp3) is 0.250. The van der Waals surface area contributed by atoms with Crippen molar-refractivity contribution in [2.45, 2.75) is 28.2 Å². The molecule has 0 heterocycles. The lowest BCUT2D eigenvalue weighted by Gasteiger charge is -2.17. The average molecular weight is 413 g/mol. The van der Waals surface area contributed by atoms with Gasteiger partial charge in [0.25, 0.3) is 0 Å². The molecule has 2 aromatic carbocycles. The maximum atomic E-state index is 12.5. The van der Waals surface area contributed by atoms with Crippen LogP contribution in [0, 0.1) is 6.92 Å². The Kier molecular flexibility index (Phi) is 4.07. The van der Waals surface area contributed by atoms with E-state index in [4.69, 9.17) is 0 Å². The molecule has 1 aliphatic carbocycles. The Balaban J connectivity index is 1.83. The smallest absolute Gasteiger partial charge is 0.207 e. The van der Waals surface area contributed by atoms with Crippen LogP contribution in [0.25, 0.3) is 0 Å². The van der Waals surface area contributed by atoms with Gasteiger partial charge in [-0.1, -0.05) is 64.6 Å². The van der Waals surface area contributed by atoms with E-state index in [0.717, 1.165) is 12.0 Å². The highest BCUT2D eigenvalue weighted by Gasteiger charge is 2.33. The zero-order valence-electron chi connectivity index (χ0n) is 11.6. The SMILES string of the molecule is Cc1ccc(S(=O)(=O)N[C@@H]2Cc3ccccc3[C@@H]2I)cc1. The molecule has 2 aromatic rings. The summed E-state index contributed by atoms with van der Waals surface area (Å²) in [6.45, 7) is 1.94. The number of alkyl halides is 1. The number of aryl methyl sites for hydroxylation is 1. The molecule has 0 fully saturated rings. The number of fused-ring (bicyclic) bond motifs is 1. The molecule has 0 spiro atoms. The summed E-state index contributed by atoms with van der Waals surface area (Å²) in [5.41, 5.74) is 3.51. The molecule has 0 aromatic heterocycles. The quantitative estimate of drug-likeness (QED) is 0.620. The first-order valence-corrected chi connectivity index (χ1v) is 9.51. The second-order valence-electron chi connectivity index (χ2n) is 5.35. The summed E-state index contributed by atoms with van der Waals surface area (Å²) in [6, 6.07) is 15.0. The molecule has 0 amide bonds. The minimum Gasteiger partial charge on any atom is -0.207 e. The van der Waals surface area contributed by atoms with Crippen molar-refractivity contribution < 1.29 is 8.42 Å². The Morgan fingerprint density at radius 2 is 1.76 bits per heavy atom. The van der Waals surface area contributed by atoms with Crippen LogP contribution < -0.4 is 4.72 Å². The van der Waals surface area contributed by atoms with E-state index in [2.05, 4.69) is 39.4 Å². The van der Waals surface area contributed by atoms with Gasteiger partial charge in [-0.3, -0.25) is 0 Å². The van der Waals surface area contributed by atoms with E-state index in [-0.39, 0.29) is 9.97 Å². The first kappa shape index (κ1) is 15.0. The van der Waals surface area contributed by atoms with Gasteiger partial charge in [0.15, 0.2) is 0 Å². The lowest BCUT2D eigenvalue weighted by Crippen LogP contribution is -2.36. The van der Waals surface area contributed by atoms with Gasteiger partial charge in [-0.15, -0.1) is 0 Å². The highest BCUT2D eigenvalue weighted by atomic mass is 127. The standard InChI is InChI=1S/C16H16INO2S/c1-11-6-8-13(9-7-11)21(19,20)18-15-10-12-4-2-3-5-14(12)16(15)17/h2-9,15-16,18H,10H2,1H3/t15-,16+/m1/s1. The van der Waals surface area contributed by atoms with Gasteiger partial charge in [0.1, 0.15) is 0 Å². The van der Waals surface area contributed by atoms with Crippen LogP contribution in [0.4, 0.5) is 0 Å². The van der Waals surface area contributed by atoms with Gasteiger partial charge in [-0.2, -0.15) is 0 Å². The molecule has 3 nitrogen and oxygen atoms in total. The summed E-state index contributed by atoms with van der Waals surface area (Å²) in [7, 11) is -3.47. The van der Waals surface area contributed by atoms with Crippen LogP contribution in [0.2, 0.25) is 0 Å². The Morgan fingerprint density at radius 1 is 1.10 bits per heavy atom. The molecule has 0 saturated carbocycles. The minimum atomic E-state index is -3.47.